The summed E-state index contributed by atoms with van der Waals surface area (Å²) in [6.07, 6.45) is 1.50. The lowest BCUT2D eigenvalue weighted by Crippen LogP contribution is -2.11. The number of nitrogens with two attached hydrogens (primary N) is 1. The quantitative estimate of drug-likeness (QED) is 0.659. The standard InChI is InChI=1S/C13H12ClN3O/c1-8-2-4-10(14)6-11(8)18-12-5-3-9(7-17-12)13(15)16/h2-7H,1H3,(H3,15,16). The lowest BCUT2D eigenvalue weighted by Gasteiger charge is -2.08. The zero-order valence-electron chi connectivity index (χ0n) is 9.77. The van der Waals surface area contributed by atoms with Gasteiger partial charge in [0.1, 0.15) is 11.6 Å². The van der Waals surface area contributed by atoms with Crippen LogP contribution in [0.4, 0.5) is 0 Å². The molecule has 2 aromatic rings. The number of rotatable bonds is 3. The first-order valence-electron chi connectivity index (χ1n) is 5.31. The Morgan fingerprint density at radius 3 is 2.72 bits per heavy atom. The van der Waals surface area contributed by atoms with Crippen molar-refractivity contribution in [3.8, 4) is 11.6 Å². The van der Waals surface area contributed by atoms with Crippen LogP contribution in [-0.4, -0.2) is 10.8 Å². The third-order valence-electron chi connectivity index (χ3n) is 2.41. The number of aromatic nitrogens is 1. The maximum absolute atomic E-state index is 7.27. The van der Waals surface area contributed by atoms with Gasteiger partial charge in [-0.1, -0.05) is 17.7 Å². The summed E-state index contributed by atoms with van der Waals surface area (Å²) in [6.45, 7) is 1.93. The number of hydrogen-bond acceptors (Lipinski definition) is 3. The van der Waals surface area contributed by atoms with Crippen LogP contribution in [0.1, 0.15) is 11.1 Å². The van der Waals surface area contributed by atoms with Gasteiger partial charge >= 0.3 is 0 Å². The molecule has 1 heterocycles. The highest BCUT2D eigenvalue weighted by molar-refractivity contribution is 6.30. The van der Waals surface area contributed by atoms with E-state index in [1.54, 1.807) is 24.3 Å². The molecule has 92 valence electrons. The van der Waals surface area contributed by atoms with E-state index in [-0.39, 0.29) is 5.84 Å². The summed E-state index contributed by atoms with van der Waals surface area (Å²) < 4.78 is 5.62. The fraction of sp³-hybridized carbons (Fsp3) is 0.0769. The molecule has 0 atom stereocenters. The number of pyridine rings is 1. The predicted octanol–water partition coefficient (Wildman–Crippen LogP) is 3.12. The van der Waals surface area contributed by atoms with Crippen LogP contribution in [-0.2, 0) is 0 Å². The van der Waals surface area contributed by atoms with Crippen LogP contribution in [0.3, 0.4) is 0 Å². The fourth-order valence-corrected chi connectivity index (χ4v) is 1.56. The second kappa shape index (κ2) is 5.06. The largest absolute Gasteiger partial charge is 0.439 e. The summed E-state index contributed by atoms with van der Waals surface area (Å²) in [5.74, 6) is 1.07. The van der Waals surface area contributed by atoms with Gasteiger partial charge in [0, 0.05) is 22.8 Å². The monoisotopic (exact) mass is 261 g/mol. The molecule has 0 fully saturated rings. The molecule has 0 aliphatic rings. The van der Waals surface area contributed by atoms with Gasteiger partial charge < -0.3 is 10.5 Å². The molecule has 0 bridgehead atoms. The molecule has 1 aromatic carbocycles. The van der Waals surface area contributed by atoms with E-state index in [1.165, 1.54) is 6.20 Å². The molecule has 0 saturated carbocycles. The molecular weight excluding hydrogens is 250 g/mol. The van der Waals surface area contributed by atoms with Gasteiger partial charge in [0.25, 0.3) is 0 Å². The maximum Gasteiger partial charge on any atom is 0.219 e. The molecule has 0 aliphatic heterocycles. The summed E-state index contributed by atoms with van der Waals surface area (Å²) in [6, 6.07) is 8.76. The van der Waals surface area contributed by atoms with Crippen molar-refractivity contribution in [2.45, 2.75) is 6.92 Å². The highest BCUT2D eigenvalue weighted by Crippen LogP contribution is 2.26. The van der Waals surface area contributed by atoms with E-state index in [0.29, 0.717) is 22.2 Å². The van der Waals surface area contributed by atoms with Crippen LogP contribution in [0, 0.1) is 12.3 Å². The van der Waals surface area contributed by atoms with Gasteiger partial charge in [0.05, 0.1) is 0 Å². The Balaban J connectivity index is 2.23. The number of amidine groups is 1. The first-order chi connectivity index (χ1) is 8.56. The van der Waals surface area contributed by atoms with Crippen molar-refractivity contribution in [2.24, 2.45) is 5.73 Å². The zero-order valence-corrected chi connectivity index (χ0v) is 10.5. The van der Waals surface area contributed by atoms with Gasteiger partial charge in [-0.05, 0) is 30.7 Å². The number of ether oxygens (including phenoxy) is 1. The SMILES string of the molecule is Cc1ccc(Cl)cc1Oc1ccc(C(=N)N)cn1. The van der Waals surface area contributed by atoms with Crippen molar-refractivity contribution in [3.63, 3.8) is 0 Å². The number of nitrogens with one attached hydrogen (secondary N) is 1. The number of halogens is 1. The molecule has 0 amide bonds. The zero-order chi connectivity index (χ0) is 13.1. The summed E-state index contributed by atoms with van der Waals surface area (Å²) in [4.78, 5) is 4.08. The number of benzene rings is 1. The number of aryl methyl sites for hydroxylation is 1. The minimum absolute atomic E-state index is 0.0204. The molecule has 18 heavy (non-hydrogen) atoms. The highest BCUT2D eigenvalue weighted by Gasteiger charge is 2.04. The molecule has 0 spiro atoms. The molecule has 5 heteroatoms. The van der Waals surface area contributed by atoms with Crippen LogP contribution in [0.15, 0.2) is 36.5 Å². The van der Waals surface area contributed by atoms with Crippen molar-refractivity contribution in [1.82, 2.24) is 4.98 Å². The Kier molecular flexibility index (Phi) is 3.48. The summed E-state index contributed by atoms with van der Waals surface area (Å²) in [5, 5.41) is 7.88. The average molecular weight is 262 g/mol. The predicted molar refractivity (Wildman–Crippen MR) is 71.5 cm³/mol. The van der Waals surface area contributed by atoms with E-state index in [1.807, 2.05) is 13.0 Å². The first kappa shape index (κ1) is 12.4. The van der Waals surface area contributed by atoms with Gasteiger partial charge in [0.15, 0.2) is 0 Å². The van der Waals surface area contributed by atoms with Crippen LogP contribution >= 0.6 is 11.6 Å². The molecule has 0 aliphatic carbocycles. The smallest absolute Gasteiger partial charge is 0.219 e. The minimum atomic E-state index is -0.0204. The second-order valence-corrected chi connectivity index (χ2v) is 4.25. The molecule has 4 nitrogen and oxygen atoms in total. The summed E-state index contributed by atoms with van der Waals surface area (Å²) >= 11 is 5.90. The lowest BCUT2D eigenvalue weighted by atomic mass is 10.2. The van der Waals surface area contributed by atoms with Gasteiger partial charge in [-0.25, -0.2) is 4.98 Å². The van der Waals surface area contributed by atoms with E-state index in [2.05, 4.69) is 4.98 Å². The lowest BCUT2D eigenvalue weighted by molar-refractivity contribution is 0.459. The molecule has 1 aromatic heterocycles. The van der Waals surface area contributed by atoms with E-state index >= 15 is 0 Å². The molecule has 0 unspecified atom stereocenters. The highest BCUT2D eigenvalue weighted by atomic mass is 35.5. The summed E-state index contributed by atoms with van der Waals surface area (Å²) in [5.41, 5.74) is 6.88. The van der Waals surface area contributed by atoms with Crippen molar-refractivity contribution < 1.29 is 4.74 Å². The Bertz CT molecular complexity index is 581. The first-order valence-corrected chi connectivity index (χ1v) is 5.68. The Morgan fingerprint density at radius 2 is 2.11 bits per heavy atom. The van der Waals surface area contributed by atoms with E-state index in [4.69, 9.17) is 27.5 Å². The van der Waals surface area contributed by atoms with Gasteiger partial charge in [-0.3, -0.25) is 5.41 Å². The van der Waals surface area contributed by atoms with Crippen molar-refractivity contribution in [2.75, 3.05) is 0 Å². The molecular formula is C13H12ClN3O. The van der Waals surface area contributed by atoms with Crippen LogP contribution in [0.25, 0.3) is 0 Å². The van der Waals surface area contributed by atoms with Crippen molar-refractivity contribution in [3.05, 3.63) is 52.7 Å². The normalized spacial score (nSPS) is 10.1. The molecule has 0 saturated heterocycles. The van der Waals surface area contributed by atoms with E-state index < -0.39 is 0 Å². The van der Waals surface area contributed by atoms with Gasteiger partial charge in [-0.15, -0.1) is 0 Å². The van der Waals surface area contributed by atoms with Gasteiger partial charge in [0.2, 0.25) is 5.88 Å². The van der Waals surface area contributed by atoms with Crippen LogP contribution in [0.5, 0.6) is 11.6 Å². The van der Waals surface area contributed by atoms with Crippen molar-refractivity contribution in [1.29, 1.82) is 5.41 Å². The van der Waals surface area contributed by atoms with E-state index in [9.17, 15) is 0 Å². The second-order valence-electron chi connectivity index (χ2n) is 3.81. The molecule has 0 radical (unpaired) electrons. The number of nitrogens with zero attached hydrogens (tertiary/aromatic N) is 1. The number of hydrogen-bond donors (Lipinski definition) is 2. The van der Waals surface area contributed by atoms with Gasteiger partial charge in [-0.2, -0.15) is 0 Å². The summed E-state index contributed by atoms with van der Waals surface area (Å²) in [7, 11) is 0. The maximum atomic E-state index is 7.27. The fourth-order valence-electron chi connectivity index (χ4n) is 1.40. The Labute approximate surface area is 110 Å². The third kappa shape index (κ3) is 2.78. The Morgan fingerprint density at radius 1 is 1.33 bits per heavy atom. The minimum Gasteiger partial charge on any atom is -0.439 e. The molecule has 3 N–H and O–H groups in total. The van der Waals surface area contributed by atoms with Crippen LogP contribution in [0.2, 0.25) is 5.02 Å². The van der Waals surface area contributed by atoms with E-state index in [0.717, 1.165) is 5.56 Å². The average Bonchev–Trinajstić information content (AvgIpc) is 2.34. The van der Waals surface area contributed by atoms with Crippen LogP contribution < -0.4 is 10.5 Å². The van der Waals surface area contributed by atoms with Crippen molar-refractivity contribution >= 4 is 17.4 Å². The third-order valence-corrected chi connectivity index (χ3v) is 2.65. The topological polar surface area (TPSA) is 72.0 Å². The molecule has 2 rings (SSSR count). The Hall–Kier alpha value is -2.07. The number of nitrogen functional groups attached to an aromatic ring is 1.